The largest absolute Gasteiger partial charge is 0.342 e. The highest BCUT2D eigenvalue weighted by atomic mass is 35.5. The Morgan fingerprint density at radius 3 is 2.56 bits per heavy atom. The fraction of sp³-hybridized carbons (Fsp3) is 0.909. The molecule has 1 rings (SSSR count). The Morgan fingerprint density at radius 2 is 2.06 bits per heavy atom. The van der Waals surface area contributed by atoms with E-state index in [2.05, 4.69) is 6.92 Å². The van der Waals surface area contributed by atoms with Crippen LogP contribution in [0.5, 0.6) is 0 Å². The van der Waals surface area contributed by atoms with Crippen LogP contribution < -0.4 is 5.73 Å². The van der Waals surface area contributed by atoms with Crippen molar-refractivity contribution < 1.29 is 4.79 Å². The number of rotatable bonds is 5. The molecule has 3 nitrogen and oxygen atoms in total. The summed E-state index contributed by atoms with van der Waals surface area (Å²) in [4.78, 5) is 13.7. The molecule has 0 spiro atoms. The number of likely N-dealkylation sites (tertiary alicyclic amines) is 1. The molecule has 1 heterocycles. The molecule has 0 aromatic heterocycles. The average Bonchev–Trinajstić information content (AvgIpc) is 2.29. The van der Waals surface area contributed by atoms with Crippen molar-refractivity contribution in [1.82, 2.24) is 4.90 Å². The van der Waals surface area contributed by atoms with E-state index < -0.39 is 0 Å². The molecule has 0 atom stereocenters. The zero-order valence-corrected chi connectivity index (χ0v) is 11.6. The fourth-order valence-corrected chi connectivity index (χ4v) is 2.60. The predicted octanol–water partition coefficient (Wildman–Crippen LogP) is 1.75. The van der Waals surface area contributed by atoms with Crippen molar-refractivity contribution in [2.45, 2.75) is 26.2 Å². The Bertz CT molecular complexity index is 196. The van der Waals surface area contributed by atoms with Gasteiger partial charge in [0.15, 0.2) is 0 Å². The third kappa shape index (κ3) is 5.41. The Hall–Kier alpha value is 0.0700. The molecule has 2 N–H and O–H groups in total. The summed E-state index contributed by atoms with van der Waals surface area (Å²) in [5, 5.41) is 0. The molecule has 5 heteroatoms. The van der Waals surface area contributed by atoms with Gasteiger partial charge in [0.25, 0.3) is 0 Å². The lowest BCUT2D eigenvalue weighted by Gasteiger charge is -2.31. The van der Waals surface area contributed by atoms with E-state index in [1.807, 2.05) is 4.90 Å². The van der Waals surface area contributed by atoms with Gasteiger partial charge in [-0.15, -0.1) is 12.4 Å². The molecule has 1 aliphatic rings. The third-order valence-electron chi connectivity index (χ3n) is 2.87. The molecule has 0 aromatic carbocycles. The summed E-state index contributed by atoms with van der Waals surface area (Å²) < 4.78 is 0. The Morgan fingerprint density at radius 1 is 1.44 bits per heavy atom. The normalized spacial score (nSPS) is 17.0. The van der Waals surface area contributed by atoms with E-state index >= 15 is 0 Å². The summed E-state index contributed by atoms with van der Waals surface area (Å²) in [6.45, 7) is 4.73. The van der Waals surface area contributed by atoms with Crippen LogP contribution in [0.4, 0.5) is 0 Å². The summed E-state index contributed by atoms with van der Waals surface area (Å²) in [6.07, 6.45) is 3.31. The summed E-state index contributed by atoms with van der Waals surface area (Å²) in [5.74, 6) is 2.69. The van der Waals surface area contributed by atoms with Gasteiger partial charge in [-0.3, -0.25) is 4.79 Å². The molecule has 0 radical (unpaired) electrons. The Labute approximate surface area is 109 Å². The zero-order valence-electron chi connectivity index (χ0n) is 9.98. The second kappa shape index (κ2) is 9.14. The van der Waals surface area contributed by atoms with Gasteiger partial charge < -0.3 is 10.6 Å². The van der Waals surface area contributed by atoms with Gasteiger partial charge in [-0.1, -0.05) is 6.92 Å². The van der Waals surface area contributed by atoms with Crippen LogP contribution in [0.15, 0.2) is 0 Å². The van der Waals surface area contributed by atoms with E-state index in [1.165, 1.54) is 0 Å². The van der Waals surface area contributed by atoms with Gasteiger partial charge in [0, 0.05) is 13.1 Å². The van der Waals surface area contributed by atoms with Crippen LogP contribution in [0.25, 0.3) is 0 Å². The van der Waals surface area contributed by atoms with Crippen molar-refractivity contribution in [3.63, 3.8) is 0 Å². The van der Waals surface area contributed by atoms with Crippen LogP contribution in [0.1, 0.15) is 26.2 Å². The SMILES string of the molecule is CCCSCC(=O)N1CCC(CN)CC1.Cl. The number of nitrogens with zero attached hydrogens (tertiary/aromatic N) is 1. The third-order valence-corrected chi connectivity index (χ3v) is 4.02. The minimum absolute atomic E-state index is 0. The minimum Gasteiger partial charge on any atom is -0.342 e. The highest BCUT2D eigenvalue weighted by molar-refractivity contribution is 7.99. The van der Waals surface area contributed by atoms with E-state index in [0.717, 1.165) is 44.6 Å². The second-order valence-corrected chi connectivity index (χ2v) is 5.22. The first kappa shape index (κ1) is 16.1. The summed E-state index contributed by atoms with van der Waals surface area (Å²) >= 11 is 1.75. The first-order valence-corrected chi connectivity index (χ1v) is 6.99. The molecule has 0 bridgehead atoms. The smallest absolute Gasteiger partial charge is 0.232 e. The van der Waals surface area contributed by atoms with Gasteiger partial charge >= 0.3 is 0 Å². The maximum Gasteiger partial charge on any atom is 0.232 e. The molecular weight excluding hydrogens is 244 g/mol. The predicted molar refractivity (Wildman–Crippen MR) is 73.2 cm³/mol. The number of hydrogen-bond donors (Lipinski definition) is 1. The van der Waals surface area contributed by atoms with Crippen molar-refractivity contribution in [3.8, 4) is 0 Å². The highest BCUT2D eigenvalue weighted by Gasteiger charge is 2.21. The molecule has 96 valence electrons. The number of amides is 1. The number of halogens is 1. The number of thioether (sulfide) groups is 1. The molecule has 0 aliphatic carbocycles. The minimum atomic E-state index is 0. The van der Waals surface area contributed by atoms with Gasteiger partial charge in [0.1, 0.15) is 0 Å². The monoisotopic (exact) mass is 266 g/mol. The quantitative estimate of drug-likeness (QED) is 0.772. The molecule has 1 aliphatic heterocycles. The van der Waals surface area contributed by atoms with Crippen molar-refractivity contribution >= 4 is 30.1 Å². The standard InChI is InChI=1S/C11H22N2OS.ClH/c1-2-7-15-9-11(14)13-5-3-10(8-12)4-6-13;/h10H,2-9,12H2,1H3;1H. The summed E-state index contributed by atoms with van der Waals surface area (Å²) in [6, 6.07) is 0. The lowest BCUT2D eigenvalue weighted by molar-refractivity contribution is -0.129. The lowest BCUT2D eigenvalue weighted by atomic mass is 9.97. The molecule has 16 heavy (non-hydrogen) atoms. The van der Waals surface area contributed by atoms with Crippen LogP contribution in [0.3, 0.4) is 0 Å². The number of hydrogen-bond acceptors (Lipinski definition) is 3. The van der Waals surface area contributed by atoms with Crippen molar-refractivity contribution in [2.24, 2.45) is 11.7 Å². The second-order valence-electron chi connectivity index (χ2n) is 4.11. The first-order valence-electron chi connectivity index (χ1n) is 5.83. The molecule has 0 saturated carbocycles. The molecule has 0 unspecified atom stereocenters. The van der Waals surface area contributed by atoms with Crippen molar-refractivity contribution in [2.75, 3.05) is 31.1 Å². The van der Waals surface area contributed by atoms with Crippen LogP contribution in [-0.4, -0.2) is 41.9 Å². The fourth-order valence-electron chi connectivity index (χ4n) is 1.81. The molecule has 0 aromatic rings. The Balaban J connectivity index is 0.00000225. The van der Waals surface area contributed by atoms with E-state index in [1.54, 1.807) is 11.8 Å². The van der Waals surface area contributed by atoms with E-state index in [-0.39, 0.29) is 12.4 Å². The average molecular weight is 267 g/mol. The molecular formula is C11H23ClN2OS. The van der Waals surface area contributed by atoms with E-state index in [4.69, 9.17) is 5.73 Å². The number of carbonyl (C=O) groups is 1. The van der Waals surface area contributed by atoms with Gasteiger partial charge in [0.05, 0.1) is 5.75 Å². The van der Waals surface area contributed by atoms with Gasteiger partial charge in [-0.25, -0.2) is 0 Å². The highest BCUT2D eigenvalue weighted by Crippen LogP contribution is 2.16. The van der Waals surface area contributed by atoms with E-state index in [0.29, 0.717) is 17.6 Å². The number of piperidine rings is 1. The molecule has 1 amide bonds. The van der Waals surface area contributed by atoms with Crippen LogP contribution in [0, 0.1) is 5.92 Å². The summed E-state index contributed by atoms with van der Waals surface area (Å²) in [5.41, 5.74) is 5.62. The molecule has 1 fully saturated rings. The van der Waals surface area contributed by atoms with Crippen molar-refractivity contribution in [3.05, 3.63) is 0 Å². The lowest BCUT2D eigenvalue weighted by Crippen LogP contribution is -2.40. The van der Waals surface area contributed by atoms with Gasteiger partial charge in [-0.2, -0.15) is 11.8 Å². The maximum atomic E-state index is 11.7. The van der Waals surface area contributed by atoms with Gasteiger partial charge in [-0.05, 0) is 37.5 Å². The van der Waals surface area contributed by atoms with E-state index in [9.17, 15) is 4.79 Å². The first-order chi connectivity index (χ1) is 7.27. The number of nitrogens with two attached hydrogens (primary N) is 1. The zero-order chi connectivity index (χ0) is 11.1. The van der Waals surface area contributed by atoms with Gasteiger partial charge in [0.2, 0.25) is 5.91 Å². The molecule has 1 saturated heterocycles. The van der Waals surface area contributed by atoms with Crippen LogP contribution in [0.2, 0.25) is 0 Å². The number of carbonyl (C=O) groups excluding carboxylic acids is 1. The Kier molecular flexibility index (Phi) is 9.18. The topological polar surface area (TPSA) is 46.3 Å². The van der Waals surface area contributed by atoms with Crippen LogP contribution >= 0.6 is 24.2 Å². The summed E-state index contributed by atoms with van der Waals surface area (Å²) in [7, 11) is 0. The van der Waals surface area contributed by atoms with Crippen molar-refractivity contribution in [1.29, 1.82) is 0 Å². The van der Waals surface area contributed by atoms with Crippen LogP contribution in [-0.2, 0) is 4.79 Å². The maximum absolute atomic E-state index is 11.7.